The molecular formula is C29H33F2N5O3. The van der Waals surface area contributed by atoms with Crippen LogP contribution in [0.2, 0.25) is 0 Å². The zero-order valence-electron chi connectivity index (χ0n) is 22.3. The van der Waals surface area contributed by atoms with Gasteiger partial charge in [0.25, 0.3) is 5.91 Å². The van der Waals surface area contributed by atoms with Crippen molar-refractivity contribution in [2.24, 2.45) is 0 Å². The molecule has 3 aromatic carbocycles. The van der Waals surface area contributed by atoms with Crippen molar-refractivity contribution in [3.8, 4) is 5.75 Å². The molecule has 206 valence electrons. The van der Waals surface area contributed by atoms with E-state index >= 15 is 0 Å². The van der Waals surface area contributed by atoms with E-state index in [0.717, 1.165) is 48.8 Å². The molecule has 39 heavy (non-hydrogen) atoms. The molecule has 1 unspecified atom stereocenters. The Balaban J connectivity index is 1.52. The van der Waals surface area contributed by atoms with Gasteiger partial charge in [-0.2, -0.15) is 0 Å². The van der Waals surface area contributed by atoms with Crippen molar-refractivity contribution in [1.29, 1.82) is 0 Å². The minimum atomic E-state index is -1.06. The lowest BCUT2D eigenvalue weighted by Crippen LogP contribution is -2.47. The number of rotatable bonds is 8. The summed E-state index contributed by atoms with van der Waals surface area (Å²) >= 11 is 0. The molecule has 0 radical (unpaired) electrons. The molecule has 3 amide bonds. The third-order valence-electron chi connectivity index (χ3n) is 6.71. The average Bonchev–Trinajstić information content (AvgIpc) is 2.95. The fourth-order valence-corrected chi connectivity index (χ4v) is 4.42. The molecule has 8 nitrogen and oxygen atoms in total. The second kappa shape index (κ2) is 12.5. The van der Waals surface area contributed by atoms with E-state index in [-0.39, 0.29) is 17.6 Å². The molecular weight excluding hydrogens is 504 g/mol. The van der Waals surface area contributed by atoms with Gasteiger partial charge in [0.2, 0.25) is 0 Å². The molecule has 0 spiro atoms. The third-order valence-corrected chi connectivity index (χ3v) is 6.71. The molecule has 0 aliphatic carbocycles. The van der Waals surface area contributed by atoms with Crippen molar-refractivity contribution in [2.75, 3.05) is 53.7 Å². The zero-order valence-corrected chi connectivity index (χ0v) is 22.3. The van der Waals surface area contributed by atoms with Gasteiger partial charge in [-0.15, -0.1) is 0 Å². The summed E-state index contributed by atoms with van der Waals surface area (Å²) in [5.74, 6) is -1.49. The van der Waals surface area contributed by atoms with Crippen molar-refractivity contribution in [2.45, 2.75) is 26.3 Å². The molecule has 1 aliphatic heterocycles. The Morgan fingerprint density at radius 3 is 2.13 bits per heavy atom. The number of anilines is 4. The number of carbonyl (C=O) groups excluding carboxylic acids is 2. The van der Waals surface area contributed by atoms with Crippen molar-refractivity contribution in [3.05, 3.63) is 77.9 Å². The highest BCUT2D eigenvalue weighted by Crippen LogP contribution is 2.31. The quantitative estimate of drug-likeness (QED) is 0.355. The van der Waals surface area contributed by atoms with Gasteiger partial charge in [-0.1, -0.05) is 19.1 Å². The highest BCUT2D eigenvalue weighted by molar-refractivity contribution is 6.04. The summed E-state index contributed by atoms with van der Waals surface area (Å²) in [5, 5.41) is 8.15. The van der Waals surface area contributed by atoms with Crippen LogP contribution in [0.15, 0.2) is 60.7 Å². The SMILES string of the molecule is CCC(C)NC(=O)c1cc(NC(=O)Nc2ccc(F)c(F)c2)ccc1N1CCN(c2ccccc2OC)CC1. The number of hydrogen-bond donors (Lipinski definition) is 3. The van der Waals surface area contributed by atoms with E-state index in [1.807, 2.05) is 44.2 Å². The second-order valence-corrected chi connectivity index (χ2v) is 9.37. The number of hydrogen-bond acceptors (Lipinski definition) is 5. The van der Waals surface area contributed by atoms with Crippen LogP contribution in [0.25, 0.3) is 0 Å². The Bertz CT molecular complexity index is 1330. The monoisotopic (exact) mass is 537 g/mol. The summed E-state index contributed by atoms with van der Waals surface area (Å²) in [6, 6.07) is 15.5. The summed E-state index contributed by atoms with van der Waals surface area (Å²) in [6.45, 7) is 6.77. The Hall–Kier alpha value is -4.34. The van der Waals surface area contributed by atoms with E-state index in [1.165, 1.54) is 6.07 Å². The Kier molecular flexibility index (Phi) is 8.85. The number of methoxy groups -OCH3 is 1. The maximum Gasteiger partial charge on any atom is 0.323 e. The van der Waals surface area contributed by atoms with Crippen LogP contribution >= 0.6 is 0 Å². The van der Waals surface area contributed by atoms with Crippen LogP contribution in [0.1, 0.15) is 30.6 Å². The second-order valence-electron chi connectivity index (χ2n) is 9.37. The Morgan fingerprint density at radius 1 is 0.872 bits per heavy atom. The normalized spacial score (nSPS) is 14.0. The molecule has 0 aromatic heterocycles. The molecule has 10 heteroatoms. The van der Waals surface area contributed by atoms with Crippen molar-refractivity contribution >= 4 is 34.7 Å². The number of carbonyl (C=O) groups is 2. The zero-order chi connectivity index (χ0) is 27.9. The van der Waals surface area contributed by atoms with Gasteiger partial charge in [0.05, 0.1) is 18.4 Å². The van der Waals surface area contributed by atoms with Gasteiger partial charge in [-0.05, 0) is 55.8 Å². The predicted octanol–water partition coefficient (Wildman–Crippen LogP) is 5.47. The highest BCUT2D eigenvalue weighted by atomic mass is 19.2. The molecule has 0 saturated carbocycles. The number of ether oxygens (including phenoxy) is 1. The summed E-state index contributed by atoms with van der Waals surface area (Å²) < 4.78 is 32.2. The Morgan fingerprint density at radius 2 is 1.49 bits per heavy atom. The lowest BCUT2D eigenvalue weighted by Gasteiger charge is -2.38. The number of piperazine rings is 1. The van der Waals surface area contributed by atoms with E-state index in [9.17, 15) is 18.4 Å². The lowest BCUT2D eigenvalue weighted by molar-refractivity contribution is 0.0939. The largest absolute Gasteiger partial charge is 0.495 e. The lowest BCUT2D eigenvalue weighted by atomic mass is 10.1. The third kappa shape index (κ3) is 6.76. The highest BCUT2D eigenvalue weighted by Gasteiger charge is 2.24. The van der Waals surface area contributed by atoms with Crippen LogP contribution < -0.4 is 30.5 Å². The predicted molar refractivity (Wildman–Crippen MR) is 150 cm³/mol. The molecule has 4 rings (SSSR count). The van der Waals surface area contributed by atoms with Gasteiger partial charge >= 0.3 is 6.03 Å². The minimum Gasteiger partial charge on any atom is -0.495 e. The number of urea groups is 1. The van der Waals surface area contributed by atoms with Crippen molar-refractivity contribution in [3.63, 3.8) is 0 Å². The fourth-order valence-electron chi connectivity index (χ4n) is 4.42. The molecule has 1 heterocycles. The number of nitrogens with zero attached hydrogens (tertiary/aromatic N) is 2. The Labute approximate surface area is 226 Å². The van der Waals surface area contributed by atoms with Crippen LogP contribution in [0.3, 0.4) is 0 Å². The van der Waals surface area contributed by atoms with Crippen molar-refractivity contribution in [1.82, 2.24) is 5.32 Å². The fraction of sp³-hybridized carbons (Fsp3) is 0.310. The first-order valence-corrected chi connectivity index (χ1v) is 12.9. The maximum absolute atomic E-state index is 13.5. The van der Waals surface area contributed by atoms with Crippen LogP contribution in [0.5, 0.6) is 5.75 Å². The van der Waals surface area contributed by atoms with E-state index in [2.05, 4.69) is 25.8 Å². The summed E-state index contributed by atoms with van der Waals surface area (Å²) in [4.78, 5) is 30.2. The number of amides is 3. The van der Waals surface area contributed by atoms with Crippen LogP contribution in [-0.2, 0) is 0 Å². The molecule has 1 fully saturated rings. The smallest absolute Gasteiger partial charge is 0.323 e. The topological polar surface area (TPSA) is 85.9 Å². The molecule has 3 N–H and O–H groups in total. The number of halogens is 2. The van der Waals surface area contributed by atoms with Gasteiger partial charge in [0.1, 0.15) is 5.75 Å². The standard InChI is InChI=1S/C29H33F2N5O3/c1-4-19(2)32-28(37)22-17-20(33-29(38)34-21-9-11-23(30)24(31)18-21)10-12-25(22)35-13-15-36(16-14-35)26-7-5-6-8-27(26)39-3/h5-12,17-19H,4,13-16H2,1-3H3,(H,32,37)(H2,33,34,38). The first-order valence-electron chi connectivity index (χ1n) is 12.9. The van der Waals surface area contributed by atoms with E-state index < -0.39 is 17.7 Å². The van der Waals surface area contributed by atoms with Crippen LogP contribution in [-0.4, -0.2) is 51.3 Å². The maximum atomic E-state index is 13.5. The molecule has 1 atom stereocenters. The van der Waals surface area contributed by atoms with Crippen LogP contribution in [0.4, 0.5) is 36.3 Å². The number of para-hydroxylation sites is 2. The first-order chi connectivity index (χ1) is 18.8. The molecule has 1 saturated heterocycles. The van der Waals surface area contributed by atoms with Gasteiger partial charge in [0.15, 0.2) is 11.6 Å². The summed E-state index contributed by atoms with van der Waals surface area (Å²) in [7, 11) is 1.66. The first kappa shape index (κ1) is 27.7. The van der Waals surface area contributed by atoms with Gasteiger partial charge in [-0.25, -0.2) is 13.6 Å². The summed E-state index contributed by atoms with van der Waals surface area (Å²) in [6.07, 6.45) is 0.771. The van der Waals surface area contributed by atoms with Gasteiger partial charge < -0.3 is 30.5 Å². The van der Waals surface area contributed by atoms with E-state index in [0.29, 0.717) is 24.3 Å². The van der Waals surface area contributed by atoms with Crippen molar-refractivity contribution < 1.29 is 23.1 Å². The molecule has 3 aromatic rings. The van der Waals surface area contributed by atoms with E-state index in [4.69, 9.17) is 4.74 Å². The number of nitrogens with one attached hydrogen (secondary N) is 3. The van der Waals surface area contributed by atoms with Gasteiger partial charge in [-0.3, -0.25) is 4.79 Å². The summed E-state index contributed by atoms with van der Waals surface area (Å²) in [5.41, 5.74) is 2.72. The number of benzene rings is 3. The minimum absolute atomic E-state index is 0.0268. The molecule has 1 aliphatic rings. The van der Waals surface area contributed by atoms with Crippen LogP contribution in [0, 0.1) is 11.6 Å². The van der Waals surface area contributed by atoms with E-state index in [1.54, 1.807) is 19.2 Å². The average molecular weight is 538 g/mol. The van der Waals surface area contributed by atoms with Gasteiger partial charge in [0, 0.05) is 55.3 Å². The molecule has 0 bridgehead atoms.